The maximum Gasteiger partial charge on any atom is 0.255 e. The summed E-state index contributed by atoms with van der Waals surface area (Å²) in [6.45, 7) is -5.71. The van der Waals surface area contributed by atoms with Crippen LogP contribution in [0.15, 0.2) is 0 Å². The van der Waals surface area contributed by atoms with Crippen molar-refractivity contribution in [1.82, 2.24) is 30.7 Å². The minimum absolute atomic E-state index is 0.00298. The van der Waals surface area contributed by atoms with Crippen LogP contribution in [0.1, 0.15) is 81.4 Å². The highest BCUT2D eigenvalue weighted by molar-refractivity contribution is 14.1. The lowest BCUT2D eigenvalue weighted by Gasteiger charge is -2.27. The van der Waals surface area contributed by atoms with Gasteiger partial charge in [-0.3, -0.25) is 43.2 Å². The largest absolute Gasteiger partial charge is 0.394 e. The van der Waals surface area contributed by atoms with Gasteiger partial charge in [0.25, 0.3) is 53.2 Å². The molecule has 0 saturated carbocycles. The predicted molar refractivity (Wildman–Crippen MR) is 400 cm³/mol. The molecule has 3 unspecified atom stereocenters. The van der Waals surface area contributed by atoms with E-state index in [2.05, 4.69) is 16.0 Å². The molecule has 488 valence electrons. The number of rotatable bonds is 30. The fourth-order valence-corrected chi connectivity index (χ4v) is 23.0. The van der Waals surface area contributed by atoms with Crippen molar-refractivity contribution in [3.63, 3.8) is 0 Å². The average Bonchev–Trinajstić information content (AvgIpc) is 1.66. The molecule has 27 nitrogen and oxygen atoms in total. The molecule has 0 bridgehead atoms. The fourth-order valence-electron chi connectivity index (χ4n) is 8.50. The number of anilines is 3. The second-order valence-electron chi connectivity index (χ2n) is 19.5. The van der Waals surface area contributed by atoms with Gasteiger partial charge in [0.05, 0.1) is 110 Å². The highest BCUT2D eigenvalue weighted by Crippen LogP contribution is 2.41. The second kappa shape index (κ2) is 38.0. The molecule has 3 atom stereocenters. The van der Waals surface area contributed by atoms with Crippen molar-refractivity contribution in [2.45, 2.75) is 37.6 Å². The van der Waals surface area contributed by atoms with Gasteiger partial charge >= 0.3 is 0 Å². The first-order valence-electron chi connectivity index (χ1n) is 25.9. The van der Waals surface area contributed by atoms with E-state index in [-0.39, 0.29) is 141 Å². The molecule has 9 amide bonds. The molecular weight excluding hydrogens is 2180 g/mol. The van der Waals surface area contributed by atoms with Gasteiger partial charge in [0.15, 0.2) is 0 Å². The highest BCUT2D eigenvalue weighted by Gasteiger charge is 2.36. The Bertz CT molecular complexity index is 2830. The molecule has 0 aromatic heterocycles. The number of aliphatic hydroxyl groups is 9. The van der Waals surface area contributed by atoms with E-state index in [1.807, 2.05) is 203 Å². The van der Waals surface area contributed by atoms with Gasteiger partial charge in [0.2, 0.25) is 0 Å². The van der Waals surface area contributed by atoms with Crippen LogP contribution in [-0.4, -0.2) is 253 Å². The van der Waals surface area contributed by atoms with E-state index in [4.69, 9.17) is 0 Å². The Labute approximate surface area is 629 Å². The van der Waals surface area contributed by atoms with E-state index >= 15 is 0 Å². The number of benzene rings is 3. The molecule has 0 saturated heterocycles. The molecule has 0 fully saturated rings. The summed E-state index contributed by atoms with van der Waals surface area (Å²) in [5.74, 6) is -6.75. The first-order valence-corrected chi connectivity index (χ1v) is 35.6. The lowest BCUT2D eigenvalue weighted by atomic mass is 9.96. The zero-order chi connectivity index (χ0) is 67.1. The van der Waals surface area contributed by atoms with Crippen molar-refractivity contribution in [3.8, 4) is 0 Å². The van der Waals surface area contributed by atoms with Crippen molar-refractivity contribution in [3.05, 3.63) is 65.5 Å². The Morgan fingerprint density at radius 1 is 0.352 bits per heavy atom. The van der Waals surface area contributed by atoms with E-state index in [9.17, 15) is 89.1 Å². The molecule has 36 heteroatoms. The summed E-state index contributed by atoms with van der Waals surface area (Å²) in [5, 5.41) is 97.4. The molecule has 0 spiro atoms. The van der Waals surface area contributed by atoms with Gasteiger partial charge in [-0.2, -0.15) is 0 Å². The summed E-state index contributed by atoms with van der Waals surface area (Å²) in [6, 6.07) is 0. The molecule has 88 heavy (non-hydrogen) atoms. The number of carbonyl (C=O) groups excluding carboxylic acids is 9. The summed E-state index contributed by atoms with van der Waals surface area (Å²) < 4.78 is 2.02. The number of amides is 9. The summed E-state index contributed by atoms with van der Waals surface area (Å²) in [4.78, 5) is 132. The van der Waals surface area contributed by atoms with E-state index in [0.717, 1.165) is 29.4 Å². The molecule has 0 radical (unpaired) electrons. The normalized spacial score (nSPS) is 12.5. The first-order chi connectivity index (χ1) is 41.2. The monoisotopic (exact) mass is 2240 g/mol. The molecule has 3 aromatic carbocycles. The number of hydrogen-bond acceptors (Lipinski definition) is 18. The van der Waals surface area contributed by atoms with Gasteiger partial charge in [-0.1, -0.05) is 0 Å². The molecule has 0 aliphatic carbocycles. The zero-order valence-electron chi connectivity index (χ0n) is 47.7. The van der Waals surface area contributed by atoms with Crippen LogP contribution < -0.4 is 30.7 Å². The van der Waals surface area contributed by atoms with Crippen LogP contribution in [0.2, 0.25) is 0 Å². The Balaban J connectivity index is 2.20. The molecule has 12 N–H and O–H groups in total. The quantitative estimate of drug-likeness (QED) is 0.0422. The van der Waals surface area contributed by atoms with Crippen LogP contribution in [0.25, 0.3) is 0 Å². The van der Waals surface area contributed by atoms with Crippen LogP contribution >= 0.6 is 203 Å². The number of halogens is 9. The van der Waals surface area contributed by atoms with Crippen LogP contribution in [0.4, 0.5) is 17.1 Å². The van der Waals surface area contributed by atoms with Gasteiger partial charge in [0.1, 0.15) is 19.8 Å². The van der Waals surface area contributed by atoms with Crippen molar-refractivity contribution >= 4 is 274 Å². The number of nitrogens with one attached hydrogen (secondary N) is 3. The zero-order valence-corrected chi connectivity index (χ0v) is 67.1. The van der Waals surface area contributed by atoms with Gasteiger partial charge < -0.3 is 91.3 Å². The van der Waals surface area contributed by atoms with Crippen LogP contribution in [-0.2, 0) is 14.4 Å². The maximum absolute atomic E-state index is 14.5. The van der Waals surface area contributed by atoms with Crippen molar-refractivity contribution in [2.24, 2.45) is 5.92 Å². The molecular formula is C52H64I9N9O18. The maximum atomic E-state index is 14.5. The third-order valence-electron chi connectivity index (χ3n) is 13.4. The smallest absolute Gasteiger partial charge is 0.255 e. The third kappa shape index (κ3) is 20.1. The van der Waals surface area contributed by atoms with Gasteiger partial charge in [-0.05, 0) is 228 Å². The SMILES string of the molecule is CN(CC(O)CO)C(=O)c1c(I)c(C(=O)NCCC(CCNC(=O)c2c(I)c(C(=O)N(C)CC(O)CO)c(I)c(N(C)C(=O)CO)c2I)CCNC(=O)c2c(I)c(C(=O)N(C)CC(O)CO)c(I)c(N(C)C(=O)CO)c2I)c(I)c(N(C)C(=O)CO)c1I. The standard InChI is InChI=1S/C52H64I9N9O18/c1-65(13-23(77)16-71)50(86)32-35(53)29(38(56)44(41(32)59)68(4)26(80)19-74)47(83)62-10-7-22(8-11-63-48(84)30-36(54)33(51(87)66(2)14-24(78)17-72)42(60)45(39(30)57)69(5)27(81)20-75)9-12-64-49(85)31-37(55)34(52(88)67(3)15-25(79)18-73)43(61)46(40(31)58)70(6)28(82)21-76/h22-25,71-79H,7-21H2,1-6H3,(H,62,83)(H,63,84)(H,64,85). The second-order valence-corrected chi connectivity index (χ2v) is 29.2. The van der Waals surface area contributed by atoms with Crippen LogP contribution in [0.3, 0.4) is 0 Å². The Kier molecular flexibility index (Phi) is 35.1. The van der Waals surface area contributed by atoms with Crippen molar-refractivity contribution < 1.29 is 89.1 Å². The molecule has 3 aromatic rings. The Hall–Kier alpha value is -0.900. The summed E-state index contributed by atoms with van der Waals surface area (Å²) in [7, 11) is 8.24. The Morgan fingerprint density at radius 3 is 0.750 bits per heavy atom. The number of hydrogen-bond donors (Lipinski definition) is 12. The molecule has 0 heterocycles. The van der Waals surface area contributed by atoms with E-state index < -0.39 is 117 Å². The van der Waals surface area contributed by atoms with Crippen molar-refractivity contribution in [2.75, 3.05) is 136 Å². The number of nitrogens with zero attached hydrogens (tertiary/aromatic N) is 6. The minimum Gasteiger partial charge on any atom is -0.394 e. The fraction of sp³-hybridized carbons (Fsp3) is 0.481. The Morgan fingerprint density at radius 2 is 0.557 bits per heavy atom. The molecule has 0 aliphatic rings. The summed E-state index contributed by atoms with van der Waals surface area (Å²) in [5.41, 5.74) is 0.371. The van der Waals surface area contributed by atoms with Gasteiger partial charge in [-0.15, -0.1) is 0 Å². The predicted octanol–water partition coefficient (Wildman–Crippen LogP) is 1.65. The van der Waals surface area contributed by atoms with Gasteiger partial charge in [-0.25, -0.2) is 0 Å². The highest BCUT2D eigenvalue weighted by atomic mass is 127. The third-order valence-corrected chi connectivity index (χ3v) is 22.9. The molecule has 3 rings (SSSR count). The van der Waals surface area contributed by atoms with Crippen molar-refractivity contribution in [1.29, 1.82) is 0 Å². The van der Waals surface area contributed by atoms with E-state index in [1.54, 1.807) is 0 Å². The van der Waals surface area contributed by atoms with Crippen LogP contribution in [0, 0.1) is 38.0 Å². The number of aliphatic hydroxyl groups excluding tert-OH is 9. The average molecular weight is 2250 g/mol. The number of likely N-dealkylation sites (N-methyl/N-ethyl adjacent to an activating group) is 6. The lowest BCUT2D eigenvalue weighted by molar-refractivity contribution is -0.121. The summed E-state index contributed by atoms with van der Waals surface area (Å²) >= 11 is 16.7. The molecule has 0 aliphatic heterocycles. The number of carbonyl (C=O) groups is 9. The van der Waals surface area contributed by atoms with E-state index in [1.165, 1.54) is 42.3 Å². The topological polar surface area (TPSA) is 391 Å². The first kappa shape index (κ1) is 81.3. The van der Waals surface area contributed by atoms with Crippen LogP contribution in [0.5, 0.6) is 0 Å². The van der Waals surface area contributed by atoms with Gasteiger partial charge in [0, 0.05) is 92.3 Å². The van der Waals surface area contributed by atoms with E-state index in [0.29, 0.717) is 0 Å². The lowest BCUT2D eigenvalue weighted by Crippen LogP contribution is -2.38. The minimum atomic E-state index is -1.30. The summed E-state index contributed by atoms with van der Waals surface area (Å²) in [6.07, 6.45) is -3.39.